The van der Waals surface area contributed by atoms with Gasteiger partial charge in [0.1, 0.15) is 0 Å². The molecule has 1 heterocycles. The molecule has 0 saturated carbocycles. The molecule has 0 atom stereocenters. The number of hydrogen-bond acceptors (Lipinski definition) is 4. The Kier molecular flexibility index (Phi) is 2.84. The van der Waals surface area contributed by atoms with Gasteiger partial charge in [-0.15, -0.1) is 11.3 Å². The molecule has 1 aromatic rings. The minimum Gasteiger partial charge on any atom is -0.378 e. The SMILES string of the molecule is COCc1csc(N(C)C)n1. The lowest BCUT2D eigenvalue weighted by Gasteiger charge is -2.05. The van der Waals surface area contributed by atoms with Crippen LogP contribution in [0.3, 0.4) is 0 Å². The summed E-state index contributed by atoms with van der Waals surface area (Å²) in [4.78, 5) is 6.31. The summed E-state index contributed by atoms with van der Waals surface area (Å²) < 4.78 is 4.95. The summed E-state index contributed by atoms with van der Waals surface area (Å²) in [5, 5.41) is 3.04. The molecule has 0 aromatic carbocycles. The van der Waals surface area contributed by atoms with E-state index in [-0.39, 0.29) is 0 Å². The van der Waals surface area contributed by atoms with Crippen LogP contribution >= 0.6 is 11.3 Å². The van der Waals surface area contributed by atoms with Crippen molar-refractivity contribution >= 4 is 16.5 Å². The lowest BCUT2D eigenvalue weighted by atomic mass is 10.5. The summed E-state index contributed by atoms with van der Waals surface area (Å²) in [5.74, 6) is 0. The first kappa shape index (κ1) is 8.49. The number of rotatable bonds is 3. The van der Waals surface area contributed by atoms with Gasteiger partial charge in [-0.3, -0.25) is 0 Å². The van der Waals surface area contributed by atoms with E-state index in [1.807, 2.05) is 24.4 Å². The van der Waals surface area contributed by atoms with E-state index < -0.39 is 0 Å². The van der Waals surface area contributed by atoms with Crippen molar-refractivity contribution in [3.8, 4) is 0 Å². The molecule has 11 heavy (non-hydrogen) atoms. The zero-order valence-corrected chi connectivity index (χ0v) is 7.81. The summed E-state index contributed by atoms with van der Waals surface area (Å²) in [6.45, 7) is 0.602. The van der Waals surface area contributed by atoms with E-state index >= 15 is 0 Å². The van der Waals surface area contributed by atoms with Gasteiger partial charge >= 0.3 is 0 Å². The molecular formula is C7H12N2OS. The molecule has 62 valence electrons. The van der Waals surface area contributed by atoms with Gasteiger partial charge in [0.15, 0.2) is 5.13 Å². The predicted octanol–water partition coefficient (Wildman–Crippen LogP) is 1.36. The van der Waals surface area contributed by atoms with Gasteiger partial charge in [-0.2, -0.15) is 0 Å². The molecule has 0 aliphatic carbocycles. The van der Waals surface area contributed by atoms with Gasteiger partial charge in [0.05, 0.1) is 12.3 Å². The smallest absolute Gasteiger partial charge is 0.185 e. The van der Waals surface area contributed by atoms with Gasteiger partial charge in [-0.25, -0.2) is 4.98 Å². The largest absolute Gasteiger partial charge is 0.378 e. The maximum Gasteiger partial charge on any atom is 0.185 e. The molecule has 0 aliphatic heterocycles. The third-order valence-corrected chi connectivity index (χ3v) is 2.27. The first-order valence-corrected chi connectivity index (χ1v) is 4.22. The Morgan fingerprint density at radius 3 is 2.82 bits per heavy atom. The zero-order valence-electron chi connectivity index (χ0n) is 7.00. The zero-order chi connectivity index (χ0) is 8.27. The van der Waals surface area contributed by atoms with E-state index in [0.717, 1.165) is 10.8 Å². The molecule has 0 saturated heterocycles. The van der Waals surface area contributed by atoms with Gasteiger partial charge in [0.25, 0.3) is 0 Å². The van der Waals surface area contributed by atoms with Crippen molar-refractivity contribution in [2.45, 2.75) is 6.61 Å². The van der Waals surface area contributed by atoms with Gasteiger partial charge in [0, 0.05) is 26.6 Å². The van der Waals surface area contributed by atoms with Gasteiger partial charge in [-0.1, -0.05) is 0 Å². The monoisotopic (exact) mass is 172 g/mol. The highest BCUT2D eigenvalue weighted by molar-refractivity contribution is 7.13. The molecule has 0 spiro atoms. The Bertz CT molecular complexity index is 222. The maximum absolute atomic E-state index is 4.95. The highest BCUT2D eigenvalue weighted by atomic mass is 32.1. The molecule has 0 unspecified atom stereocenters. The summed E-state index contributed by atoms with van der Waals surface area (Å²) in [6, 6.07) is 0. The lowest BCUT2D eigenvalue weighted by Crippen LogP contribution is -2.08. The van der Waals surface area contributed by atoms with Crippen molar-refractivity contribution in [1.29, 1.82) is 0 Å². The van der Waals surface area contributed by atoms with Crippen LogP contribution in [0.25, 0.3) is 0 Å². The number of aromatic nitrogens is 1. The van der Waals surface area contributed by atoms with Crippen LogP contribution in [0, 0.1) is 0 Å². The summed E-state index contributed by atoms with van der Waals surface area (Å²) in [5.41, 5.74) is 1.00. The number of nitrogens with zero attached hydrogens (tertiary/aromatic N) is 2. The number of ether oxygens (including phenoxy) is 1. The fraction of sp³-hybridized carbons (Fsp3) is 0.571. The highest BCUT2D eigenvalue weighted by Gasteiger charge is 2.01. The van der Waals surface area contributed by atoms with Crippen LogP contribution < -0.4 is 4.90 Å². The van der Waals surface area contributed by atoms with Crippen LogP contribution in [-0.2, 0) is 11.3 Å². The molecule has 0 amide bonds. The Balaban J connectivity index is 2.66. The molecule has 0 aliphatic rings. The molecule has 0 fully saturated rings. The maximum atomic E-state index is 4.95. The summed E-state index contributed by atoms with van der Waals surface area (Å²) in [7, 11) is 5.64. The molecule has 1 aromatic heterocycles. The van der Waals surface area contributed by atoms with E-state index in [1.54, 1.807) is 18.4 Å². The normalized spacial score (nSPS) is 10.1. The minimum absolute atomic E-state index is 0.602. The number of methoxy groups -OCH3 is 1. The van der Waals surface area contributed by atoms with E-state index in [1.165, 1.54) is 0 Å². The van der Waals surface area contributed by atoms with Crippen LogP contribution in [0.4, 0.5) is 5.13 Å². The van der Waals surface area contributed by atoms with E-state index in [4.69, 9.17) is 4.74 Å². The fourth-order valence-corrected chi connectivity index (χ4v) is 1.46. The van der Waals surface area contributed by atoms with Gasteiger partial charge < -0.3 is 9.64 Å². The molecule has 0 bridgehead atoms. The Labute approximate surface area is 70.6 Å². The van der Waals surface area contributed by atoms with Crippen molar-refractivity contribution in [1.82, 2.24) is 4.98 Å². The molecule has 4 heteroatoms. The van der Waals surface area contributed by atoms with E-state index in [0.29, 0.717) is 6.61 Å². The summed E-state index contributed by atoms with van der Waals surface area (Å²) >= 11 is 1.63. The second-order valence-corrected chi connectivity index (χ2v) is 3.29. The molecule has 0 radical (unpaired) electrons. The second-order valence-electron chi connectivity index (χ2n) is 2.45. The van der Waals surface area contributed by atoms with Crippen molar-refractivity contribution < 1.29 is 4.74 Å². The molecule has 3 nitrogen and oxygen atoms in total. The van der Waals surface area contributed by atoms with Gasteiger partial charge in [-0.05, 0) is 0 Å². The number of thiazole rings is 1. The van der Waals surface area contributed by atoms with E-state index in [2.05, 4.69) is 4.98 Å². The average Bonchev–Trinajstić information content (AvgIpc) is 2.37. The standard InChI is InChI=1S/C7H12N2OS/c1-9(2)7-8-6(4-10-3)5-11-7/h5H,4H2,1-3H3. The van der Waals surface area contributed by atoms with Crippen molar-refractivity contribution in [3.05, 3.63) is 11.1 Å². The Morgan fingerprint density at radius 2 is 2.36 bits per heavy atom. The van der Waals surface area contributed by atoms with Crippen molar-refractivity contribution in [2.75, 3.05) is 26.1 Å². The van der Waals surface area contributed by atoms with Crippen LogP contribution in [0.15, 0.2) is 5.38 Å². The van der Waals surface area contributed by atoms with Crippen molar-refractivity contribution in [2.24, 2.45) is 0 Å². The van der Waals surface area contributed by atoms with Gasteiger partial charge in [0.2, 0.25) is 0 Å². The molecule has 1 rings (SSSR count). The van der Waals surface area contributed by atoms with Crippen LogP contribution in [-0.4, -0.2) is 26.2 Å². The lowest BCUT2D eigenvalue weighted by molar-refractivity contribution is 0.182. The third-order valence-electron chi connectivity index (χ3n) is 1.21. The Hall–Kier alpha value is -0.610. The molecular weight excluding hydrogens is 160 g/mol. The predicted molar refractivity (Wildman–Crippen MR) is 47.2 cm³/mol. The quantitative estimate of drug-likeness (QED) is 0.688. The number of anilines is 1. The van der Waals surface area contributed by atoms with Crippen LogP contribution in [0.2, 0.25) is 0 Å². The minimum atomic E-state index is 0.602. The topological polar surface area (TPSA) is 25.4 Å². The highest BCUT2D eigenvalue weighted by Crippen LogP contribution is 2.17. The van der Waals surface area contributed by atoms with Crippen LogP contribution in [0.1, 0.15) is 5.69 Å². The number of hydrogen-bond donors (Lipinski definition) is 0. The third kappa shape index (κ3) is 2.17. The second kappa shape index (κ2) is 3.69. The Morgan fingerprint density at radius 1 is 1.64 bits per heavy atom. The first-order valence-electron chi connectivity index (χ1n) is 3.34. The summed E-state index contributed by atoms with van der Waals surface area (Å²) in [6.07, 6.45) is 0. The fourth-order valence-electron chi connectivity index (χ4n) is 0.716. The van der Waals surface area contributed by atoms with Crippen molar-refractivity contribution in [3.63, 3.8) is 0 Å². The van der Waals surface area contributed by atoms with Crippen LogP contribution in [0.5, 0.6) is 0 Å². The average molecular weight is 172 g/mol. The first-order chi connectivity index (χ1) is 5.24. The van der Waals surface area contributed by atoms with E-state index in [9.17, 15) is 0 Å². The molecule has 0 N–H and O–H groups in total.